The van der Waals surface area contributed by atoms with Crippen molar-refractivity contribution in [2.75, 3.05) is 42.6 Å². The van der Waals surface area contributed by atoms with Crippen LogP contribution in [0.15, 0.2) is 48.5 Å². The zero-order valence-electron chi connectivity index (χ0n) is 18.5. The summed E-state index contributed by atoms with van der Waals surface area (Å²) in [4.78, 5) is 18.6. The van der Waals surface area contributed by atoms with Crippen LogP contribution in [0.5, 0.6) is 5.75 Å². The van der Waals surface area contributed by atoms with Crippen LogP contribution >= 0.6 is 0 Å². The van der Waals surface area contributed by atoms with Gasteiger partial charge in [-0.3, -0.25) is 0 Å². The number of aliphatic hydroxyl groups is 2. The van der Waals surface area contributed by atoms with Gasteiger partial charge in [0.05, 0.1) is 12.6 Å². The lowest BCUT2D eigenvalue weighted by Crippen LogP contribution is -2.40. The molecule has 2 aliphatic heterocycles. The summed E-state index contributed by atoms with van der Waals surface area (Å²) in [6, 6.07) is 14.9. The average Bonchev–Trinajstić information content (AvgIpc) is 2.87. The molecule has 1 aromatic heterocycles. The first kappa shape index (κ1) is 21.6. The van der Waals surface area contributed by atoms with E-state index < -0.39 is 0 Å². The highest BCUT2D eigenvalue weighted by Crippen LogP contribution is 2.34. The van der Waals surface area contributed by atoms with Crippen molar-refractivity contribution in [1.82, 2.24) is 15.0 Å². The number of aromatic hydroxyl groups is 1. The number of hydrogen-bond acceptors (Lipinski definition) is 8. The summed E-state index contributed by atoms with van der Waals surface area (Å²) in [5.41, 5.74) is 3.04. The number of hydrogen-bond donors (Lipinski definition) is 3. The number of phenolic OH excluding ortho intramolecular Hbond substituents is 1. The van der Waals surface area contributed by atoms with Crippen LogP contribution in [0.4, 0.5) is 11.9 Å². The van der Waals surface area contributed by atoms with Crippen molar-refractivity contribution in [2.24, 2.45) is 5.92 Å². The second-order valence-corrected chi connectivity index (χ2v) is 8.76. The third-order valence-electron chi connectivity index (χ3n) is 6.71. The molecule has 0 aliphatic carbocycles. The lowest BCUT2D eigenvalue weighted by atomic mass is 9.93. The minimum Gasteiger partial charge on any atom is -0.508 e. The number of benzene rings is 2. The van der Waals surface area contributed by atoms with Crippen LogP contribution in [-0.4, -0.2) is 63.1 Å². The van der Waals surface area contributed by atoms with Crippen LogP contribution < -0.4 is 9.80 Å². The van der Waals surface area contributed by atoms with Crippen molar-refractivity contribution in [3.63, 3.8) is 0 Å². The molecule has 33 heavy (non-hydrogen) atoms. The molecule has 0 amide bonds. The summed E-state index contributed by atoms with van der Waals surface area (Å²) in [5, 5.41) is 29.8. The molecule has 0 saturated carbocycles. The molecular formula is C25H29N5O3. The Morgan fingerprint density at radius 1 is 0.848 bits per heavy atom. The van der Waals surface area contributed by atoms with Gasteiger partial charge in [0.1, 0.15) is 5.75 Å². The molecule has 1 fully saturated rings. The number of anilines is 2. The fourth-order valence-corrected chi connectivity index (χ4v) is 4.80. The highest BCUT2D eigenvalue weighted by molar-refractivity contribution is 5.61. The van der Waals surface area contributed by atoms with Crippen LogP contribution in [0.2, 0.25) is 0 Å². The Labute approximate surface area is 193 Å². The third kappa shape index (κ3) is 4.36. The quantitative estimate of drug-likeness (QED) is 0.548. The van der Waals surface area contributed by atoms with Gasteiger partial charge in [0.15, 0.2) is 5.82 Å². The molecule has 5 rings (SSSR count). The molecule has 1 saturated heterocycles. The maximum atomic E-state index is 10.3. The second kappa shape index (κ2) is 9.33. The highest BCUT2D eigenvalue weighted by atomic mass is 16.3. The Morgan fingerprint density at radius 3 is 2.39 bits per heavy atom. The van der Waals surface area contributed by atoms with E-state index in [0.717, 1.165) is 37.9 Å². The minimum absolute atomic E-state index is 0.0403. The van der Waals surface area contributed by atoms with E-state index in [4.69, 9.17) is 15.0 Å². The van der Waals surface area contributed by atoms with Crippen LogP contribution in [0.3, 0.4) is 0 Å². The van der Waals surface area contributed by atoms with Crippen molar-refractivity contribution in [3.05, 3.63) is 59.7 Å². The normalized spacial score (nSPS) is 18.9. The van der Waals surface area contributed by atoms with Gasteiger partial charge in [-0.05, 0) is 48.4 Å². The maximum absolute atomic E-state index is 10.3. The van der Waals surface area contributed by atoms with Crippen LogP contribution in [0.25, 0.3) is 11.4 Å². The monoisotopic (exact) mass is 447 g/mol. The summed E-state index contributed by atoms with van der Waals surface area (Å²) >= 11 is 0. The molecule has 0 bridgehead atoms. The average molecular weight is 448 g/mol. The zero-order chi connectivity index (χ0) is 22.8. The summed E-state index contributed by atoms with van der Waals surface area (Å²) in [6.07, 6.45) is 2.61. The van der Waals surface area contributed by atoms with E-state index in [0.29, 0.717) is 35.7 Å². The summed E-state index contributed by atoms with van der Waals surface area (Å²) < 4.78 is 0. The number of nitrogens with zero attached hydrogens (tertiary/aromatic N) is 5. The summed E-state index contributed by atoms with van der Waals surface area (Å²) in [6.45, 7) is 2.39. The fourth-order valence-electron chi connectivity index (χ4n) is 4.80. The maximum Gasteiger partial charge on any atom is 0.231 e. The Balaban J connectivity index is 1.56. The number of fused-ring (bicyclic) bond motifs is 1. The number of phenols is 1. The number of rotatable bonds is 5. The molecule has 0 spiro atoms. The first-order chi connectivity index (χ1) is 16.2. The van der Waals surface area contributed by atoms with Crippen molar-refractivity contribution in [1.29, 1.82) is 0 Å². The molecule has 1 unspecified atom stereocenters. The van der Waals surface area contributed by atoms with Gasteiger partial charge in [-0.25, -0.2) is 0 Å². The molecule has 8 heteroatoms. The summed E-state index contributed by atoms with van der Waals surface area (Å²) in [5.74, 6) is 2.07. The molecule has 3 aromatic rings. The Kier molecular flexibility index (Phi) is 6.11. The minimum atomic E-state index is -0.234. The largest absolute Gasteiger partial charge is 0.508 e. The Bertz CT molecular complexity index is 1120. The van der Waals surface area contributed by atoms with Gasteiger partial charge in [0, 0.05) is 31.8 Å². The fraction of sp³-hybridized carbons (Fsp3) is 0.400. The molecule has 3 heterocycles. The molecule has 3 N–H and O–H groups in total. The molecule has 8 nitrogen and oxygen atoms in total. The SMILES string of the molecule is OCC1CCN(c2nc(-c3cccc(O)c3)nc(N3CCc4ccccc4C3CO)n2)CC1. The van der Waals surface area contributed by atoms with E-state index in [-0.39, 0.29) is 25.0 Å². The van der Waals surface area contributed by atoms with E-state index in [9.17, 15) is 15.3 Å². The number of aromatic nitrogens is 3. The van der Waals surface area contributed by atoms with Crippen molar-refractivity contribution in [3.8, 4) is 17.1 Å². The highest BCUT2D eigenvalue weighted by Gasteiger charge is 2.30. The zero-order valence-corrected chi connectivity index (χ0v) is 18.5. The first-order valence-electron chi connectivity index (χ1n) is 11.5. The Morgan fingerprint density at radius 2 is 1.64 bits per heavy atom. The molecule has 2 aromatic carbocycles. The molecule has 0 radical (unpaired) electrons. The van der Waals surface area contributed by atoms with Gasteiger partial charge in [-0.2, -0.15) is 15.0 Å². The van der Waals surface area contributed by atoms with Crippen LogP contribution in [-0.2, 0) is 6.42 Å². The predicted octanol–water partition coefficient (Wildman–Crippen LogP) is 2.55. The second-order valence-electron chi connectivity index (χ2n) is 8.76. The third-order valence-corrected chi connectivity index (χ3v) is 6.71. The standard InChI is InChI=1S/C25H29N5O3/c31-15-17-8-11-29(12-9-17)24-26-23(19-5-3-6-20(33)14-19)27-25(28-24)30-13-10-18-4-1-2-7-21(18)22(30)16-32/h1-7,14,17,22,31-33H,8-13,15-16H2. The molecular weight excluding hydrogens is 418 g/mol. The van der Waals surface area contributed by atoms with Gasteiger partial charge >= 0.3 is 0 Å². The van der Waals surface area contributed by atoms with E-state index in [1.165, 1.54) is 5.56 Å². The Hall–Kier alpha value is -3.23. The van der Waals surface area contributed by atoms with Gasteiger partial charge < -0.3 is 25.1 Å². The van der Waals surface area contributed by atoms with Gasteiger partial charge in [0.25, 0.3) is 0 Å². The van der Waals surface area contributed by atoms with Gasteiger partial charge in [0.2, 0.25) is 11.9 Å². The van der Waals surface area contributed by atoms with Crippen LogP contribution in [0, 0.1) is 5.92 Å². The lowest BCUT2D eigenvalue weighted by Gasteiger charge is -2.37. The van der Waals surface area contributed by atoms with Crippen LogP contribution in [0.1, 0.15) is 30.0 Å². The van der Waals surface area contributed by atoms with E-state index in [1.54, 1.807) is 18.2 Å². The van der Waals surface area contributed by atoms with E-state index >= 15 is 0 Å². The van der Waals surface area contributed by atoms with E-state index in [2.05, 4.69) is 21.9 Å². The first-order valence-corrected chi connectivity index (χ1v) is 11.5. The van der Waals surface area contributed by atoms with Crippen molar-refractivity contribution >= 4 is 11.9 Å². The van der Waals surface area contributed by atoms with E-state index in [1.807, 2.05) is 18.2 Å². The summed E-state index contributed by atoms with van der Waals surface area (Å²) in [7, 11) is 0. The van der Waals surface area contributed by atoms with Gasteiger partial charge in [-0.15, -0.1) is 0 Å². The number of aliphatic hydroxyl groups excluding tert-OH is 2. The van der Waals surface area contributed by atoms with Crippen molar-refractivity contribution in [2.45, 2.75) is 25.3 Å². The number of piperidine rings is 1. The van der Waals surface area contributed by atoms with Gasteiger partial charge in [-0.1, -0.05) is 36.4 Å². The molecule has 1 atom stereocenters. The van der Waals surface area contributed by atoms with Crippen molar-refractivity contribution < 1.29 is 15.3 Å². The smallest absolute Gasteiger partial charge is 0.231 e. The predicted molar refractivity (Wildman–Crippen MR) is 126 cm³/mol. The lowest BCUT2D eigenvalue weighted by molar-refractivity contribution is 0.202. The molecule has 172 valence electrons. The molecule has 2 aliphatic rings. The topological polar surface area (TPSA) is 106 Å².